The van der Waals surface area contributed by atoms with Crippen LogP contribution in [0.25, 0.3) is 0 Å². The maximum absolute atomic E-state index is 12.0. The zero-order valence-electron chi connectivity index (χ0n) is 38.5. The van der Waals surface area contributed by atoms with Gasteiger partial charge in [-0.15, -0.1) is 0 Å². The fourth-order valence-corrected chi connectivity index (χ4v) is 3.98. The van der Waals surface area contributed by atoms with Crippen LogP contribution in [-0.2, 0) is 231 Å². The lowest BCUT2D eigenvalue weighted by Gasteiger charge is -2.32. The van der Waals surface area contributed by atoms with Gasteiger partial charge in [-0.1, -0.05) is 55.4 Å². The molecular weight excluding hydrogens is 1100 g/mol. The molecule has 1 rings (SSSR count). The lowest BCUT2D eigenvalue weighted by Crippen LogP contribution is -2.25. The molecule has 0 aromatic rings. The minimum absolute atomic E-state index is 0.156. The summed E-state index contributed by atoms with van der Waals surface area (Å²) in [4.78, 5) is 31.6. The summed E-state index contributed by atoms with van der Waals surface area (Å²) >= 11 is 0. The number of nitrogens with one attached hydrogen (secondary N) is 2. The van der Waals surface area contributed by atoms with Gasteiger partial charge in [0.2, 0.25) is 5.91 Å². The lowest BCUT2D eigenvalue weighted by atomic mass is 9.72. The normalized spacial score (nSPS) is 14.2. The van der Waals surface area contributed by atoms with Crippen LogP contribution in [0.2, 0.25) is 0 Å². The summed E-state index contributed by atoms with van der Waals surface area (Å²) in [7, 11) is 0. The Balaban J connectivity index is 1.73. The molecule has 1 aliphatic rings. The molecule has 0 radical (unpaired) electrons. The van der Waals surface area contributed by atoms with Crippen LogP contribution in [0.15, 0.2) is 71.2 Å². The summed E-state index contributed by atoms with van der Waals surface area (Å²) in [6, 6.07) is 0. The Morgan fingerprint density at radius 3 is 1.28 bits per heavy atom. The average Bonchev–Trinajstić information content (AvgIpc) is 3.39. The van der Waals surface area contributed by atoms with E-state index < -0.39 is 12.0 Å². The van der Waals surface area contributed by atoms with Crippen molar-refractivity contribution in [2.45, 2.75) is 60.8 Å². The Bertz CT molecular complexity index is 1580. The summed E-state index contributed by atoms with van der Waals surface area (Å²) < 4.78 is 4.60. The summed E-state index contributed by atoms with van der Waals surface area (Å²) in [6.07, 6.45) is 15.9. The summed E-state index contributed by atoms with van der Waals surface area (Å²) in [6.45, 7) is 12.1. The van der Waals surface area contributed by atoms with Gasteiger partial charge in [0.1, 0.15) is 19.5 Å². The van der Waals surface area contributed by atoms with Crippen LogP contribution in [0.4, 0.5) is 4.79 Å². The van der Waals surface area contributed by atoms with E-state index >= 15 is 0 Å². The maximum atomic E-state index is 12.0. The molecule has 2 N–H and O–H groups in total. The number of ether oxygens (including phenoxy) is 1. The van der Waals surface area contributed by atoms with Crippen molar-refractivity contribution in [1.82, 2.24) is 10.6 Å². The molecule has 0 bridgehead atoms. The zero-order chi connectivity index (χ0) is 55.1. The van der Waals surface area contributed by atoms with E-state index in [1.165, 1.54) is 23.6 Å². The third kappa shape index (κ3) is 46.6. The molecule has 0 saturated carbocycles. The second kappa shape index (κ2) is 52.3. The van der Waals surface area contributed by atoms with Crippen LogP contribution in [0.3, 0.4) is 0 Å². The average molecular weight is 1140 g/mol. The topological polar surface area (TPSA) is 474 Å². The SMILES string of the molecule is CCNC(=O)OCCOOOOOOOOOOOOOOOOOOOOOOOOOOOOOOOOOOOOOOOOOOOOC=CNC(=O)C=C(C)C=CC=C(C)C=CC1=C(C)CCCC1(C)C. The molecule has 49 nitrogen and oxygen atoms in total. The first-order valence-corrected chi connectivity index (χ1v) is 18.7. The molecule has 49 heteroatoms. The van der Waals surface area contributed by atoms with E-state index in [2.05, 4.69) is 270 Å². The molecule has 2 amide bonds. The van der Waals surface area contributed by atoms with E-state index in [9.17, 15) is 9.59 Å². The van der Waals surface area contributed by atoms with Gasteiger partial charge >= 0.3 is 6.09 Å². The van der Waals surface area contributed by atoms with Crippen molar-refractivity contribution < 1.29 is 236 Å². The minimum Gasteiger partial charge on any atom is -0.447 e. The van der Waals surface area contributed by atoms with Crippen molar-refractivity contribution in [2.75, 3.05) is 19.8 Å². The van der Waals surface area contributed by atoms with Gasteiger partial charge < -0.3 is 20.3 Å². The highest BCUT2D eigenvalue weighted by molar-refractivity contribution is 5.89. The molecule has 0 spiro atoms. The molecule has 0 aromatic heterocycles. The van der Waals surface area contributed by atoms with E-state index in [0.717, 1.165) is 30.9 Å². The zero-order valence-corrected chi connectivity index (χ0v) is 38.5. The highest BCUT2D eigenvalue weighted by Gasteiger charge is 2.26. The highest BCUT2D eigenvalue weighted by atomic mass is 18.0. The van der Waals surface area contributed by atoms with Gasteiger partial charge in [0.25, 0.3) is 0 Å². The predicted molar refractivity (Wildman–Crippen MR) is 181 cm³/mol. The summed E-state index contributed by atoms with van der Waals surface area (Å²) in [5.41, 5.74) is 4.69. The van der Waals surface area contributed by atoms with Gasteiger partial charge in [0.05, 0.1) is 0 Å². The van der Waals surface area contributed by atoms with E-state index in [1.54, 1.807) is 19.9 Å². The van der Waals surface area contributed by atoms with Crippen LogP contribution in [0.1, 0.15) is 60.8 Å². The molecule has 0 aliphatic heterocycles. The van der Waals surface area contributed by atoms with Crippen LogP contribution in [0, 0.1) is 5.41 Å². The van der Waals surface area contributed by atoms with Crippen molar-refractivity contribution in [1.29, 1.82) is 0 Å². The second-order valence-corrected chi connectivity index (χ2v) is 11.7. The molecule has 0 saturated heterocycles. The molecule has 0 unspecified atom stereocenters. The van der Waals surface area contributed by atoms with E-state index in [4.69, 9.17) is 0 Å². The van der Waals surface area contributed by atoms with Crippen LogP contribution >= 0.6 is 0 Å². The van der Waals surface area contributed by atoms with Crippen molar-refractivity contribution in [3.05, 3.63) is 71.2 Å². The van der Waals surface area contributed by atoms with E-state index in [1.807, 2.05) is 19.1 Å². The predicted octanol–water partition coefficient (Wildman–Crippen LogP) is 2.93. The maximum Gasteiger partial charge on any atom is 0.407 e. The molecule has 0 aromatic carbocycles. The first-order chi connectivity index (χ1) is 37.2. The largest absolute Gasteiger partial charge is 0.447 e. The highest BCUT2D eigenvalue weighted by Crippen LogP contribution is 2.40. The number of hydrogen-bond donors (Lipinski definition) is 2. The summed E-state index contributed by atoms with van der Waals surface area (Å²) in [5, 5.41) is 156. The first-order valence-electron chi connectivity index (χ1n) is 18.7. The van der Waals surface area contributed by atoms with Crippen molar-refractivity contribution in [3.63, 3.8) is 0 Å². The Morgan fingerprint density at radius 2 is 0.895 bits per heavy atom. The number of amides is 2. The second-order valence-electron chi connectivity index (χ2n) is 11.7. The van der Waals surface area contributed by atoms with Crippen LogP contribution < -0.4 is 10.6 Å². The van der Waals surface area contributed by atoms with Gasteiger partial charge in [-0.3, -0.25) is 4.79 Å². The quantitative estimate of drug-likeness (QED) is 0.0221. The molecule has 440 valence electrons. The number of carbonyl (C=O) groups excluding carboxylic acids is 2. The molecular formula is C27H40N2O47. The molecule has 76 heavy (non-hydrogen) atoms. The van der Waals surface area contributed by atoms with Gasteiger partial charge in [0, 0.05) is 190 Å². The van der Waals surface area contributed by atoms with Crippen molar-refractivity contribution >= 4 is 12.0 Å². The number of allylic oxidation sites excluding steroid dienone is 9. The third-order valence-electron chi connectivity index (χ3n) is 6.43. The monoisotopic (exact) mass is 1140 g/mol. The van der Waals surface area contributed by atoms with Gasteiger partial charge in [-0.05, 0) is 104 Å². The lowest BCUT2D eigenvalue weighted by molar-refractivity contribution is -0.909. The molecule has 0 heterocycles. The number of hydrogen-bond acceptors (Lipinski definition) is 47. The number of carbonyl (C=O) groups is 2. The Kier molecular flexibility index (Phi) is 47.7. The number of alkyl carbamates (subject to hydrolysis) is 1. The van der Waals surface area contributed by atoms with Gasteiger partial charge in [-0.2, -0.15) is 0 Å². The fourth-order valence-electron chi connectivity index (χ4n) is 3.98. The Labute approximate surface area is 416 Å². The van der Waals surface area contributed by atoms with Gasteiger partial charge in [0.15, 0.2) is 0 Å². The van der Waals surface area contributed by atoms with Crippen LogP contribution in [0.5, 0.6) is 0 Å². The van der Waals surface area contributed by atoms with Gasteiger partial charge in [-0.25, -0.2) is 9.68 Å². The molecule has 0 fully saturated rings. The smallest absolute Gasteiger partial charge is 0.407 e. The number of rotatable bonds is 54. The standard InChI is InChI=1S/C27H40N2O47/c1-7-28-26(31)32-18-19-34-36-38-40-42-44-46-48-50-52-54-56-58-60-62-64-66-68-70-72-74-76-75-73-71-69-67-65-63-61-59-57-55-53-51-49-47-45-43-41-39-37-35-33-17-16-29-25(30)20-22(3)11-8-10-21(2)13-14-24-23(4)12-9-15-27(24,5)6/h8,10-11,13-14,16-17,20H,7,9,12,15,18-19H2,1-6H3,(H,28,31)(H,29,30). The fraction of sp³-hybridized carbons (Fsp3) is 0.481. The van der Waals surface area contributed by atoms with E-state index in [0.29, 0.717) is 12.1 Å². The Hall–Kier alpha value is -4.74. The van der Waals surface area contributed by atoms with Crippen molar-refractivity contribution in [2.24, 2.45) is 5.41 Å². The molecule has 1 aliphatic carbocycles. The van der Waals surface area contributed by atoms with Crippen molar-refractivity contribution in [3.8, 4) is 0 Å². The Morgan fingerprint density at radius 1 is 0.513 bits per heavy atom. The first kappa shape index (κ1) is 69.3. The summed E-state index contributed by atoms with van der Waals surface area (Å²) in [5.74, 6) is -0.466. The van der Waals surface area contributed by atoms with E-state index in [-0.39, 0.29) is 18.6 Å². The third-order valence-corrected chi connectivity index (χ3v) is 6.43. The minimum atomic E-state index is -0.678. The van der Waals surface area contributed by atoms with Crippen LogP contribution in [-0.4, -0.2) is 31.8 Å². The molecule has 0 atom stereocenters.